The van der Waals surface area contributed by atoms with Gasteiger partial charge in [-0.2, -0.15) is 0 Å². The van der Waals surface area contributed by atoms with E-state index in [-0.39, 0.29) is 28.2 Å². The summed E-state index contributed by atoms with van der Waals surface area (Å²) in [7, 11) is -3.82. The van der Waals surface area contributed by atoms with Crippen molar-refractivity contribution in [1.29, 1.82) is 0 Å². The molecule has 0 radical (unpaired) electrons. The quantitative estimate of drug-likeness (QED) is 0.549. The first-order chi connectivity index (χ1) is 14.7. The van der Waals surface area contributed by atoms with E-state index in [1.807, 2.05) is 0 Å². The summed E-state index contributed by atoms with van der Waals surface area (Å²) in [5.74, 6) is -2.34. The number of nitrogens with one attached hydrogen (secondary N) is 1. The van der Waals surface area contributed by atoms with Gasteiger partial charge in [-0.15, -0.1) is 10.2 Å². The fourth-order valence-electron chi connectivity index (χ4n) is 2.90. The highest BCUT2D eigenvalue weighted by molar-refractivity contribution is 7.93. The van der Waals surface area contributed by atoms with Gasteiger partial charge in [-0.05, 0) is 50.1 Å². The summed E-state index contributed by atoms with van der Waals surface area (Å²) in [5.41, 5.74) is 2.01. The van der Waals surface area contributed by atoms with Gasteiger partial charge in [0.1, 0.15) is 17.1 Å². The third kappa shape index (κ3) is 5.23. The van der Waals surface area contributed by atoms with Crippen molar-refractivity contribution in [3.8, 4) is 0 Å². The maximum Gasteiger partial charge on any atom is 0.266 e. The molecule has 0 fully saturated rings. The van der Waals surface area contributed by atoms with Gasteiger partial charge in [0.15, 0.2) is 0 Å². The molecule has 7 nitrogen and oxygen atoms in total. The minimum Gasteiger partial charge on any atom is -0.352 e. The van der Waals surface area contributed by atoms with Crippen LogP contribution < -0.4 is 9.62 Å². The molecule has 0 saturated heterocycles. The lowest BCUT2D eigenvalue weighted by Crippen LogP contribution is -2.37. The van der Waals surface area contributed by atoms with Crippen LogP contribution in [-0.2, 0) is 16.4 Å². The molecular weight excluding hydrogens is 446 g/mol. The number of nitrogens with zero attached hydrogens (tertiary/aromatic N) is 3. The first-order valence-corrected chi connectivity index (χ1v) is 11.6. The number of anilines is 1. The highest BCUT2D eigenvalue weighted by Gasteiger charge is 2.29. The zero-order valence-corrected chi connectivity index (χ0v) is 18.4. The van der Waals surface area contributed by atoms with Gasteiger partial charge in [-0.1, -0.05) is 23.5 Å². The molecule has 1 heterocycles. The predicted molar refractivity (Wildman–Crippen MR) is 114 cm³/mol. The Morgan fingerprint density at radius 2 is 1.87 bits per heavy atom. The Kier molecular flexibility index (Phi) is 6.96. The van der Waals surface area contributed by atoms with E-state index in [4.69, 9.17) is 0 Å². The number of sulfonamides is 1. The highest BCUT2D eigenvalue weighted by atomic mass is 32.2. The molecule has 11 heteroatoms. The van der Waals surface area contributed by atoms with E-state index in [0.717, 1.165) is 29.0 Å². The van der Waals surface area contributed by atoms with Gasteiger partial charge in [0.25, 0.3) is 15.9 Å². The van der Waals surface area contributed by atoms with Crippen LogP contribution in [0.5, 0.6) is 0 Å². The van der Waals surface area contributed by atoms with Crippen molar-refractivity contribution >= 4 is 32.4 Å². The third-order valence-electron chi connectivity index (χ3n) is 4.36. The number of rotatable bonds is 8. The summed E-state index contributed by atoms with van der Waals surface area (Å²) < 4.78 is 53.9. The Hall–Kier alpha value is -2.92. The molecule has 1 aromatic heterocycles. The summed E-state index contributed by atoms with van der Waals surface area (Å²) in [5, 5.41) is 10.4. The van der Waals surface area contributed by atoms with Crippen LogP contribution in [0, 0.1) is 11.6 Å². The molecule has 3 rings (SSSR count). The van der Waals surface area contributed by atoms with Gasteiger partial charge in [-0.25, -0.2) is 21.5 Å². The van der Waals surface area contributed by atoms with Crippen LogP contribution in [0.3, 0.4) is 0 Å². The lowest BCUT2D eigenvalue weighted by Gasteiger charge is -2.25. The lowest BCUT2D eigenvalue weighted by atomic mass is 10.1. The molecule has 0 saturated carbocycles. The van der Waals surface area contributed by atoms with Gasteiger partial charge >= 0.3 is 0 Å². The molecule has 1 amide bonds. The Morgan fingerprint density at radius 3 is 2.45 bits per heavy atom. The predicted octanol–water partition coefficient (Wildman–Crippen LogP) is 3.39. The monoisotopic (exact) mass is 466 g/mol. The van der Waals surface area contributed by atoms with Crippen LogP contribution >= 0.6 is 11.3 Å². The summed E-state index contributed by atoms with van der Waals surface area (Å²) in [4.78, 5) is 12.1. The zero-order chi connectivity index (χ0) is 22.6. The molecule has 0 atom stereocenters. The maximum atomic E-state index is 13.7. The average Bonchev–Trinajstić information content (AvgIpc) is 3.21. The summed E-state index contributed by atoms with van der Waals surface area (Å²) >= 11 is 1.13. The fraction of sp³-hybridized carbons (Fsp3) is 0.250. The molecule has 31 heavy (non-hydrogen) atoms. The van der Waals surface area contributed by atoms with Crippen molar-refractivity contribution in [1.82, 2.24) is 15.5 Å². The molecule has 0 aliphatic rings. The second-order valence-corrected chi connectivity index (χ2v) is 9.52. The van der Waals surface area contributed by atoms with Crippen LogP contribution in [0.4, 0.5) is 13.9 Å². The average molecular weight is 467 g/mol. The number of hydrogen-bond acceptors (Lipinski definition) is 6. The summed E-state index contributed by atoms with van der Waals surface area (Å²) in [6.07, 6.45) is 0.402. The Balaban J connectivity index is 1.65. The van der Waals surface area contributed by atoms with Gasteiger partial charge in [0, 0.05) is 18.7 Å². The van der Waals surface area contributed by atoms with Crippen LogP contribution in [0.15, 0.2) is 52.9 Å². The molecule has 0 spiro atoms. The van der Waals surface area contributed by atoms with E-state index in [1.165, 1.54) is 21.9 Å². The Bertz CT molecular complexity index is 1150. The number of halogens is 2. The van der Waals surface area contributed by atoms with E-state index in [1.54, 1.807) is 26.0 Å². The van der Waals surface area contributed by atoms with Crippen molar-refractivity contribution in [2.45, 2.75) is 31.2 Å². The number of benzene rings is 2. The van der Waals surface area contributed by atoms with Crippen molar-refractivity contribution in [3.63, 3.8) is 0 Å². The van der Waals surface area contributed by atoms with Crippen LogP contribution in [0.2, 0.25) is 0 Å². The van der Waals surface area contributed by atoms with Crippen LogP contribution in [-0.4, -0.2) is 37.1 Å². The normalized spacial score (nSPS) is 11.5. The molecule has 2 aromatic carbocycles. The smallest absolute Gasteiger partial charge is 0.266 e. The number of carbonyl (C=O) groups is 1. The minimum atomic E-state index is -3.82. The maximum absolute atomic E-state index is 13.7. The molecule has 3 aromatic rings. The Labute approximate surface area is 182 Å². The minimum absolute atomic E-state index is 0.109. The van der Waals surface area contributed by atoms with E-state index >= 15 is 0 Å². The number of aromatic nitrogens is 2. The van der Waals surface area contributed by atoms with E-state index in [2.05, 4.69) is 15.5 Å². The van der Waals surface area contributed by atoms with E-state index in [0.29, 0.717) is 12.5 Å². The second-order valence-electron chi connectivity index (χ2n) is 6.89. The summed E-state index contributed by atoms with van der Waals surface area (Å²) in [6, 6.07) is 8.67. The zero-order valence-electron chi connectivity index (χ0n) is 16.7. The molecule has 0 aliphatic heterocycles. The topological polar surface area (TPSA) is 92.3 Å². The lowest BCUT2D eigenvalue weighted by molar-refractivity contribution is 0.0950. The van der Waals surface area contributed by atoms with E-state index < -0.39 is 27.6 Å². The standard InChI is InChI=1S/C20H20F2N4O3S2/c1-13(2)26(20-25-24-12-30-20)31(28,29)16-6-3-14(4-7-16)9-10-23-19(27)17-8-5-15(21)11-18(17)22/h3-8,11-13H,9-10H2,1-2H3,(H,23,27). The Morgan fingerprint density at radius 1 is 1.16 bits per heavy atom. The van der Waals surface area contributed by atoms with Gasteiger partial charge in [0.05, 0.1) is 10.5 Å². The van der Waals surface area contributed by atoms with Crippen molar-refractivity contribution in [2.24, 2.45) is 0 Å². The molecule has 0 aliphatic carbocycles. The number of carbonyl (C=O) groups excluding carboxylic acids is 1. The molecule has 0 bridgehead atoms. The fourth-order valence-corrected chi connectivity index (χ4v) is 5.42. The van der Waals surface area contributed by atoms with Crippen molar-refractivity contribution in [2.75, 3.05) is 10.8 Å². The highest BCUT2D eigenvalue weighted by Crippen LogP contribution is 2.27. The second kappa shape index (κ2) is 9.48. The third-order valence-corrected chi connectivity index (χ3v) is 7.15. The van der Waals surface area contributed by atoms with Gasteiger partial charge in [-0.3, -0.25) is 4.79 Å². The SMILES string of the molecule is CC(C)N(c1nncs1)S(=O)(=O)c1ccc(CCNC(=O)c2ccc(F)cc2F)cc1. The van der Waals surface area contributed by atoms with E-state index in [9.17, 15) is 22.0 Å². The molecule has 1 N–H and O–H groups in total. The largest absolute Gasteiger partial charge is 0.352 e. The molecular formula is C20H20F2N4O3S2. The molecule has 164 valence electrons. The summed E-state index contributed by atoms with van der Waals surface area (Å²) in [6.45, 7) is 3.70. The van der Waals surface area contributed by atoms with Crippen LogP contribution in [0.1, 0.15) is 29.8 Å². The van der Waals surface area contributed by atoms with Crippen LogP contribution in [0.25, 0.3) is 0 Å². The number of hydrogen-bond donors (Lipinski definition) is 1. The first-order valence-electron chi connectivity index (χ1n) is 9.33. The molecule has 0 unspecified atom stereocenters. The van der Waals surface area contributed by atoms with Crippen molar-refractivity contribution < 1.29 is 22.0 Å². The number of amides is 1. The van der Waals surface area contributed by atoms with Gasteiger partial charge in [0.2, 0.25) is 5.13 Å². The van der Waals surface area contributed by atoms with Crippen molar-refractivity contribution in [3.05, 3.63) is 70.7 Å². The first kappa shape index (κ1) is 22.8. The van der Waals surface area contributed by atoms with Gasteiger partial charge < -0.3 is 5.32 Å².